The number of hydrogen-bond acceptors (Lipinski definition) is 6. The highest BCUT2D eigenvalue weighted by atomic mass is 35.5. The number of halogens is 1. The van der Waals surface area contributed by atoms with Crippen molar-refractivity contribution in [2.24, 2.45) is 0 Å². The summed E-state index contributed by atoms with van der Waals surface area (Å²) in [6, 6.07) is 9.00. The first-order valence-electron chi connectivity index (χ1n) is 10.5. The quantitative estimate of drug-likeness (QED) is 0.490. The first-order valence-corrected chi connectivity index (χ1v) is 12.3. The average Bonchev–Trinajstić information content (AvgIpc) is 3.07. The van der Waals surface area contributed by atoms with Crippen LogP contribution >= 0.6 is 11.6 Å². The van der Waals surface area contributed by atoms with E-state index in [1.807, 2.05) is 19.0 Å². The molecule has 33 heavy (non-hydrogen) atoms. The van der Waals surface area contributed by atoms with Gasteiger partial charge in [-0.3, -0.25) is 9.36 Å². The standard InChI is InChI=1S/C22H27ClN4O5S/c1-5-26(6-2)33(30,31)20-13-15(7-9-17(20)23)21(28)24-16-8-10-19-18(14-16)27(22(29)32-19)12-11-25(3)4/h7-10,13-14H,5-6,11-12H2,1-4H3,(H,24,28). The lowest BCUT2D eigenvalue weighted by molar-refractivity contribution is 0.102. The van der Waals surface area contributed by atoms with E-state index in [-0.39, 0.29) is 28.6 Å². The van der Waals surface area contributed by atoms with E-state index in [4.69, 9.17) is 16.0 Å². The molecule has 11 heteroatoms. The molecule has 0 fully saturated rings. The van der Waals surface area contributed by atoms with Gasteiger partial charge in [0.1, 0.15) is 4.90 Å². The number of rotatable bonds is 9. The van der Waals surface area contributed by atoms with Gasteiger partial charge in [-0.25, -0.2) is 13.2 Å². The zero-order valence-corrected chi connectivity index (χ0v) is 20.5. The van der Waals surface area contributed by atoms with E-state index < -0.39 is 21.7 Å². The monoisotopic (exact) mass is 494 g/mol. The summed E-state index contributed by atoms with van der Waals surface area (Å²) in [6.07, 6.45) is 0. The van der Waals surface area contributed by atoms with Crippen molar-refractivity contribution < 1.29 is 17.6 Å². The van der Waals surface area contributed by atoms with Crippen molar-refractivity contribution in [3.63, 3.8) is 0 Å². The van der Waals surface area contributed by atoms with Crippen molar-refractivity contribution in [2.45, 2.75) is 25.3 Å². The molecule has 3 rings (SSSR count). The van der Waals surface area contributed by atoms with Crippen molar-refractivity contribution in [1.82, 2.24) is 13.8 Å². The molecular formula is C22H27ClN4O5S. The summed E-state index contributed by atoms with van der Waals surface area (Å²) >= 11 is 6.16. The number of hydrogen-bond donors (Lipinski definition) is 1. The second-order valence-corrected chi connectivity index (χ2v) is 10.0. The third-order valence-electron chi connectivity index (χ3n) is 5.21. The van der Waals surface area contributed by atoms with Gasteiger partial charge < -0.3 is 14.6 Å². The van der Waals surface area contributed by atoms with Gasteiger partial charge in [-0.15, -0.1) is 0 Å². The zero-order chi connectivity index (χ0) is 24.3. The molecule has 1 heterocycles. The van der Waals surface area contributed by atoms with Gasteiger partial charge in [-0.1, -0.05) is 25.4 Å². The number of carbonyl (C=O) groups is 1. The van der Waals surface area contributed by atoms with Crippen LogP contribution in [0, 0.1) is 0 Å². The smallest absolute Gasteiger partial charge is 0.408 e. The van der Waals surface area contributed by atoms with Crippen molar-refractivity contribution >= 4 is 44.3 Å². The fraction of sp³-hybridized carbons (Fsp3) is 0.364. The van der Waals surface area contributed by atoms with E-state index in [0.717, 1.165) is 0 Å². The Hall–Kier alpha value is -2.66. The largest absolute Gasteiger partial charge is 0.419 e. The van der Waals surface area contributed by atoms with E-state index in [0.29, 0.717) is 29.9 Å². The number of nitrogens with one attached hydrogen (secondary N) is 1. The van der Waals surface area contributed by atoms with E-state index >= 15 is 0 Å². The normalized spacial score (nSPS) is 12.1. The molecule has 3 aromatic rings. The van der Waals surface area contributed by atoms with Crippen LogP contribution in [0.15, 0.2) is 50.5 Å². The summed E-state index contributed by atoms with van der Waals surface area (Å²) in [4.78, 5) is 26.9. The number of nitrogens with zero attached hydrogens (tertiary/aromatic N) is 3. The van der Waals surface area contributed by atoms with Crippen LogP contribution in [0.1, 0.15) is 24.2 Å². The van der Waals surface area contributed by atoms with Crippen LogP contribution in [0.5, 0.6) is 0 Å². The Morgan fingerprint density at radius 3 is 2.45 bits per heavy atom. The summed E-state index contributed by atoms with van der Waals surface area (Å²) < 4.78 is 33.9. The van der Waals surface area contributed by atoms with E-state index in [9.17, 15) is 18.0 Å². The van der Waals surface area contributed by atoms with Crippen LogP contribution in [0.4, 0.5) is 5.69 Å². The van der Waals surface area contributed by atoms with Crippen LogP contribution in [0.3, 0.4) is 0 Å². The van der Waals surface area contributed by atoms with Gasteiger partial charge in [-0.05, 0) is 50.5 Å². The second kappa shape index (κ2) is 10.1. The number of anilines is 1. The third-order valence-corrected chi connectivity index (χ3v) is 7.74. The van der Waals surface area contributed by atoms with Crippen LogP contribution < -0.4 is 11.1 Å². The minimum absolute atomic E-state index is 0.0446. The average molecular weight is 495 g/mol. The van der Waals surface area contributed by atoms with E-state index in [1.54, 1.807) is 32.0 Å². The van der Waals surface area contributed by atoms with Gasteiger partial charge in [0.05, 0.1) is 10.5 Å². The zero-order valence-electron chi connectivity index (χ0n) is 19.0. The third kappa shape index (κ3) is 5.30. The Kier molecular flexibility index (Phi) is 7.63. The van der Waals surface area contributed by atoms with Gasteiger partial charge in [0.2, 0.25) is 10.0 Å². The predicted molar refractivity (Wildman–Crippen MR) is 129 cm³/mol. The van der Waals surface area contributed by atoms with Crippen molar-refractivity contribution in [2.75, 3.05) is 39.0 Å². The minimum atomic E-state index is -3.84. The summed E-state index contributed by atoms with van der Waals surface area (Å²) in [5.74, 6) is -0.980. The Bertz CT molecular complexity index is 1330. The van der Waals surface area contributed by atoms with Gasteiger partial charge in [0.25, 0.3) is 5.91 Å². The van der Waals surface area contributed by atoms with Gasteiger partial charge >= 0.3 is 5.76 Å². The number of benzene rings is 2. The first-order chi connectivity index (χ1) is 15.6. The second-order valence-electron chi connectivity index (χ2n) is 7.69. The molecule has 0 bridgehead atoms. The number of sulfonamides is 1. The molecule has 0 saturated heterocycles. The summed E-state index contributed by atoms with van der Waals surface area (Å²) in [5, 5.41) is 2.79. The molecule has 2 aromatic carbocycles. The molecule has 0 aliphatic rings. The maximum Gasteiger partial charge on any atom is 0.419 e. The molecular weight excluding hydrogens is 468 g/mol. The number of likely N-dealkylation sites (N-methyl/N-ethyl adjacent to an activating group) is 1. The predicted octanol–water partition coefficient (Wildman–Crippen LogP) is 3.09. The highest BCUT2D eigenvalue weighted by Gasteiger charge is 2.25. The fourth-order valence-corrected chi connectivity index (χ4v) is 5.36. The molecule has 0 aliphatic carbocycles. The molecule has 9 nitrogen and oxygen atoms in total. The van der Waals surface area contributed by atoms with Crippen molar-refractivity contribution in [1.29, 1.82) is 0 Å². The van der Waals surface area contributed by atoms with Gasteiger partial charge in [0.15, 0.2) is 5.58 Å². The Morgan fingerprint density at radius 1 is 1.12 bits per heavy atom. The number of amides is 1. The lowest BCUT2D eigenvalue weighted by atomic mass is 10.2. The molecule has 0 unspecified atom stereocenters. The lowest BCUT2D eigenvalue weighted by Crippen LogP contribution is -2.31. The fourth-order valence-electron chi connectivity index (χ4n) is 3.40. The Balaban J connectivity index is 1.91. The van der Waals surface area contributed by atoms with Crippen molar-refractivity contribution in [3.8, 4) is 0 Å². The molecule has 0 spiro atoms. The molecule has 1 amide bonds. The number of oxazole rings is 1. The highest BCUT2D eigenvalue weighted by Crippen LogP contribution is 2.27. The first kappa shape index (κ1) is 25.0. The maximum atomic E-state index is 12.9. The highest BCUT2D eigenvalue weighted by molar-refractivity contribution is 7.89. The number of carbonyl (C=O) groups excluding carboxylic acids is 1. The number of aromatic nitrogens is 1. The maximum absolute atomic E-state index is 12.9. The van der Waals surface area contributed by atoms with Gasteiger partial charge in [0, 0.05) is 37.4 Å². The Labute approximate surface area is 197 Å². The van der Waals surface area contributed by atoms with Crippen LogP contribution in [0.25, 0.3) is 11.1 Å². The molecule has 178 valence electrons. The molecule has 0 atom stereocenters. The molecule has 0 radical (unpaired) electrons. The SMILES string of the molecule is CCN(CC)S(=O)(=O)c1cc(C(=O)Nc2ccc3oc(=O)n(CCN(C)C)c3c2)ccc1Cl. The van der Waals surface area contributed by atoms with E-state index in [2.05, 4.69) is 5.32 Å². The summed E-state index contributed by atoms with van der Waals surface area (Å²) in [5.41, 5.74) is 1.55. The minimum Gasteiger partial charge on any atom is -0.408 e. The van der Waals surface area contributed by atoms with E-state index in [1.165, 1.54) is 27.1 Å². The summed E-state index contributed by atoms with van der Waals surface area (Å²) in [7, 11) is -0.0338. The van der Waals surface area contributed by atoms with Crippen LogP contribution in [0.2, 0.25) is 5.02 Å². The summed E-state index contributed by atoms with van der Waals surface area (Å²) in [6.45, 7) is 5.10. The van der Waals surface area contributed by atoms with Crippen molar-refractivity contribution in [3.05, 3.63) is 57.5 Å². The number of fused-ring (bicyclic) bond motifs is 1. The molecule has 0 aliphatic heterocycles. The molecule has 0 saturated carbocycles. The molecule has 1 aromatic heterocycles. The topological polar surface area (TPSA) is 105 Å². The van der Waals surface area contributed by atoms with Crippen LogP contribution in [-0.2, 0) is 16.6 Å². The van der Waals surface area contributed by atoms with Crippen LogP contribution in [-0.4, -0.2) is 61.8 Å². The molecule has 1 N–H and O–H groups in total. The van der Waals surface area contributed by atoms with Gasteiger partial charge in [-0.2, -0.15) is 4.31 Å². The Morgan fingerprint density at radius 2 is 1.82 bits per heavy atom. The lowest BCUT2D eigenvalue weighted by Gasteiger charge is -2.19.